The number of piperidine rings is 1. The van der Waals surface area contributed by atoms with E-state index in [4.69, 9.17) is 0 Å². The highest BCUT2D eigenvalue weighted by atomic mass is 16.2. The van der Waals surface area contributed by atoms with Crippen LogP contribution in [0.5, 0.6) is 0 Å². The Morgan fingerprint density at radius 3 is 2.65 bits per heavy atom. The highest BCUT2D eigenvalue weighted by Gasteiger charge is 2.34. The van der Waals surface area contributed by atoms with Crippen molar-refractivity contribution >= 4 is 17.5 Å². The van der Waals surface area contributed by atoms with Crippen molar-refractivity contribution in [1.82, 2.24) is 24.8 Å². The molecule has 2 aromatic heterocycles. The number of amides is 1. The zero-order valence-corrected chi connectivity index (χ0v) is 14.8. The third-order valence-electron chi connectivity index (χ3n) is 5.33. The molecule has 0 radical (unpaired) electrons. The van der Waals surface area contributed by atoms with Crippen LogP contribution in [0.4, 0.5) is 11.6 Å². The van der Waals surface area contributed by atoms with Crippen molar-refractivity contribution in [1.29, 1.82) is 0 Å². The van der Waals surface area contributed by atoms with Gasteiger partial charge in [0, 0.05) is 18.7 Å². The minimum absolute atomic E-state index is 0.0485. The molecule has 2 fully saturated rings. The van der Waals surface area contributed by atoms with Crippen molar-refractivity contribution < 1.29 is 4.79 Å². The van der Waals surface area contributed by atoms with Gasteiger partial charge in [-0.3, -0.25) is 4.79 Å². The average molecular weight is 352 g/mol. The van der Waals surface area contributed by atoms with Gasteiger partial charge >= 0.3 is 0 Å². The Kier molecular flexibility index (Phi) is 5.04. The summed E-state index contributed by atoms with van der Waals surface area (Å²) in [6, 6.07) is 1.98. The van der Waals surface area contributed by atoms with Crippen molar-refractivity contribution in [2.75, 3.05) is 11.9 Å². The Balaban J connectivity index is 1.54. The molecule has 0 bridgehead atoms. The number of rotatable bonds is 4. The molecule has 136 valence electrons. The van der Waals surface area contributed by atoms with Crippen LogP contribution >= 0.6 is 0 Å². The van der Waals surface area contributed by atoms with E-state index in [2.05, 4.69) is 30.2 Å². The van der Waals surface area contributed by atoms with Gasteiger partial charge in [-0.05, 0) is 38.2 Å². The van der Waals surface area contributed by atoms with E-state index in [1.54, 1.807) is 18.6 Å². The molecule has 1 amide bonds. The molecular formula is C19H24N6O. The molecule has 2 aliphatic rings. The molecule has 0 aromatic carbocycles. The van der Waals surface area contributed by atoms with Gasteiger partial charge < -0.3 is 10.2 Å². The van der Waals surface area contributed by atoms with Crippen molar-refractivity contribution in [2.24, 2.45) is 5.92 Å². The second kappa shape index (κ2) is 7.76. The normalized spacial score (nSPS) is 20.9. The smallest absolute Gasteiger partial charge is 0.227 e. The van der Waals surface area contributed by atoms with Gasteiger partial charge in [0.15, 0.2) is 0 Å². The summed E-state index contributed by atoms with van der Waals surface area (Å²) < 4.78 is 0. The molecule has 26 heavy (non-hydrogen) atoms. The number of nitrogens with zero attached hydrogens (tertiary/aromatic N) is 5. The second-order valence-electron chi connectivity index (χ2n) is 7.08. The maximum Gasteiger partial charge on any atom is 0.227 e. The Labute approximate surface area is 153 Å². The van der Waals surface area contributed by atoms with E-state index >= 15 is 0 Å². The first-order valence-electron chi connectivity index (χ1n) is 9.47. The molecule has 1 saturated heterocycles. The van der Waals surface area contributed by atoms with Crippen molar-refractivity contribution in [3.8, 4) is 0 Å². The monoisotopic (exact) mass is 352 g/mol. The summed E-state index contributed by atoms with van der Waals surface area (Å²) in [6.45, 7) is 0.833. The Hall–Kier alpha value is -2.57. The first kappa shape index (κ1) is 16.9. The van der Waals surface area contributed by atoms with Crippen LogP contribution in [0.25, 0.3) is 0 Å². The number of aromatic nitrogens is 4. The zero-order valence-electron chi connectivity index (χ0n) is 14.8. The number of hydrogen-bond donors (Lipinski definition) is 1. The number of likely N-dealkylation sites (tertiary alicyclic amines) is 1. The lowest BCUT2D eigenvalue weighted by Gasteiger charge is -2.37. The number of hydrogen-bond acceptors (Lipinski definition) is 6. The Bertz CT molecular complexity index is 747. The Morgan fingerprint density at radius 1 is 1.08 bits per heavy atom. The lowest BCUT2D eigenvalue weighted by Crippen LogP contribution is -2.41. The largest absolute Gasteiger partial charge is 0.334 e. The van der Waals surface area contributed by atoms with E-state index < -0.39 is 0 Å². The molecule has 4 rings (SSSR count). The number of anilines is 2. The first-order valence-corrected chi connectivity index (χ1v) is 9.47. The van der Waals surface area contributed by atoms with E-state index in [9.17, 15) is 4.79 Å². The van der Waals surface area contributed by atoms with Crippen molar-refractivity contribution in [3.63, 3.8) is 0 Å². The number of carbonyl (C=O) groups is 1. The molecule has 7 nitrogen and oxygen atoms in total. The summed E-state index contributed by atoms with van der Waals surface area (Å²) in [6.07, 6.45) is 14.2. The molecule has 1 aliphatic heterocycles. The summed E-state index contributed by atoms with van der Waals surface area (Å²) >= 11 is 0. The quantitative estimate of drug-likeness (QED) is 0.909. The molecule has 3 heterocycles. The van der Waals surface area contributed by atoms with Crippen LogP contribution < -0.4 is 5.32 Å². The Morgan fingerprint density at radius 2 is 1.85 bits per heavy atom. The van der Waals surface area contributed by atoms with Crippen LogP contribution in [0.15, 0.2) is 31.0 Å². The molecule has 2 aromatic rings. The second-order valence-corrected chi connectivity index (χ2v) is 7.08. The van der Waals surface area contributed by atoms with Gasteiger partial charge in [0.25, 0.3) is 0 Å². The molecule has 1 aliphatic carbocycles. The summed E-state index contributed by atoms with van der Waals surface area (Å²) in [7, 11) is 0. The maximum absolute atomic E-state index is 13.0. The summed E-state index contributed by atoms with van der Waals surface area (Å²) in [4.78, 5) is 32.0. The predicted molar refractivity (Wildman–Crippen MR) is 97.6 cm³/mol. The first-order chi connectivity index (χ1) is 12.8. The van der Waals surface area contributed by atoms with Gasteiger partial charge in [-0.15, -0.1) is 0 Å². The van der Waals surface area contributed by atoms with Gasteiger partial charge in [-0.2, -0.15) is 0 Å². The zero-order chi connectivity index (χ0) is 17.8. The summed E-state index contributed by atoms with van der Waals surface area (Å²) in [5, 5.41) is 3.13. The lowest BCUT2D eigenvalue weighted by molar-refractivity contribution is -0.139. The van der Waals surface area contributed by atoms with E-state index in [1.807, 2.05) is 6.07 Å². The van der Waals surface area contributed by atoms with Crippen LogP contribution in [0.2, 0.25) is 0 Å². The van der Waals surface area contributed by atoms with Crippen LogP contribution in [-0.2, 0) is 4.79 Å². The van der Waals surface area contributed by atoms with Gasteiger partial charge in [0.1, 0.15) is 6.33 Å². The van der Waals surface area contributed by atoms with Crippen molar-refractivity contribution in [3.05, 3.63) is 36.7 Å². The summed E-state index contributed by atoms with van der Waals surface area (Å²) in [5.74, 6) is 1.03. The van der Waals surface area contributed by atoms with Gasteiger partial charge in [-0.25, -0.2) is 19.9 Å². The fraction of sp³-hybridized carbons (Fsp3) is 0.526. The minimum atomic E-state index is 0.0485. The molecular weight excluding hydrogens is 328 g/mol. The number of carbonyl (C=O) groups excluding carboxylic acids is 1. The van der Waals surface area contributed by atoms with Gasteiger partial charge in [0.05, 0.1) is 29.8 Å². The van der Waals surface area contributed by atoms with Crippen LogP contribution in [-0.4, -0.2) is 37.3 Å². The van der Waals surface area contributed by atoms with Crippen LogP contribution in [0.3, 0.4) is 0 Å². The standard InChI is InChI=1S/C19H24N6O/c26-18(14-5-1-2-6-14)25-10-4-3-7-17(25)16-8-9-22-19(24-16)23-15-11-20-13-21-12-15/h8-9,11-14,17H,1-7,10H2,(H,22,23,24). The third kappa shape index (κ3) is 3.66. The van der Waals surface area contributed by atoms with E-state index in [0.717, 1.165) is 50.0 Å². The SMILES string of the molecule is O=C(C1CCCC1)N1CCCCC1c1ccnc(Nc2cncnc2)n1. The minimum Gasteiger partial charge on any atom is -0.334 e. The van der Waals surface area contributed by atoms with E-state index in [1.165, 1.54) is 19.2 Å². The van der Waals surface area contributed by atoms with Gasteiger partial charge in [-0.1, -0.05) is 12.8 Å². The van der Waals surface area contributed by atoms with Crippen LogP contribution in [0.1, 0.15) is 56.7 Å². The molecule has 1 saturated carbocycles. The van der Waals surface area contributed by atoms with Crippen molar-refractivity contribution in [2.45, 2.75) is 51.0 Å². The lowest BCUT2D eigenvalue weighted by atomic mass is 9.96. The molecule has 0 spiro atoms. The topological polar surface area (TPSA) is 83.9 Å². The molecule has 1 atom stereocenters. The molecule has 1 N–H and O–H groups in total. The predicted octanol–water partition coefficient (Wildman–Crippen LogP) is 3.25. The van der Waals surface area contributed by atoms with Crippen LogP contribution in [0, 0.1) is 5.92 Å². The highest BCUT2D eigenvalue weighted by Crippen LogP contribution is 2.35. The van der Waals surface area contributed by atoms with Gasteiger partial charge in [0.2, 0.25) is 11.9 Å². The number of nitrogens with one attached hydrogen (secondary N) is 1. The fourth-order valence-corrected chi connectivity index (χ4v) is 4.02. The van der Waals surface area contributed by atoms with E-state index in [0.29, 0.717) is 11.9 Å². The molecule has 1 unspecified atom stereocenters. The molecule has 7 heteroatoms. The third-order valence-corrected chi connectivity index (χ3v) is 5.33. The van der Waals surface area contributed by atoms with E-state index in [-0.39, 0.29) is 12.0 Å². The fourth-order valence-electron chi connectivity index (χ4n) is 4.02. The average Bonchev–Trinajstić information content (AvgIpc) is 3.23. The maximum atomic E-state index is 13.0. The summed E-state index contributed by atoms with van der Waals surface area (Å²) in [5.41, 5.74) is 1.65. The highest BCUT2D eigenvalue weighted by molar-refractivity contribution is 5.79.